The summed E-state index contributed by atoms with van der Waals surface area (Å²) < 4.78 is 6.32. The van der Waals surface area contributed by atoms with Crippen molar-refractivity contribution in [3.05, 3.63) is 26.7 Å². The van der Waals surface area contributed by atoms with Gasteiger partial charge in [-0.1, -0.05) is 29.6 Å². The van der Waals surface area contributed by atoms with E-state index in [-0.39, 0.29) is 6.61 Å². The van der Waals surface area contributed by atoms with Crippen LogP contribution in [0.3, 0.4) is 0 Å². The molecule has 2 nitrogen and oxygen atoms in total. The number of halogens is 3. The largest absolute Gasteiger partial charge is 0.492 e. The highest BCUT2D eigenvalue weighted by atomic mass is 79.9. The average molecular weight is 342 g/mol. The van der Waals surface area contributed by atoms with Crippen LogP contribution in [0.25, 0.3) is 0 Å². The molecule has 0 spiro atoms. The number of hydrogen-bond donors (Lipinski definition) is 1. The highest BCUT2D eigenvalue weighted by Crippen LogP contribution is 2.34. The molecule has 0 aliphatic carbocycles. The molecule has 1 aromatic rings. The first-order valence-corrected chi connectivity index (χ1v) is 7.08. The van der Waals surface area contributed by atoms with Crippen molar-refractivity contribution in [2.75, 3.05) is 13.2 Å². The third-order valence-electron chi connectivity index (χ3n) is 2.28. The number of unbranched alkanes of at least 4 members (excludes halogenated alkanes) is 3. The summed E-state index contributed by atoms with van der Waals surface area (Å²) in [6, 6.07) is 3.44. The third-order valence-corrected chi connectivity index (χ3v) is 3.78. The first-order valence-electron chi connectivity index (χ1n) is 5.53. The van der Waals surface area contributed by atoms with Gasteiger partial charge in [0.15, 0.2) is 0 Å². The van der Waals surface area contributed by atoms with Gasteiger partial charge < -0.3 is 9.84 Å². The van der Waals surface area contributed by atoms with Crippen molar-refractivity contribution >= 4 is 39.1 Å². The van der Waals surface area contributed by atoms with E-state index in [0.717, 1.165) is 30.2 Å². The van der Waals surface area contributed by atoms with E-state index in [0.29, 0.717) is 22.4 Å². The van der Waals surface area contributed by atoms with Crippen molar-refractivity contribution in [1.29, 1.82) is 0 Å². The number of benzene rings is 1. The van der Waals surface area contributed by atoms with E-state index in [1.165, 1.54) is 0 Å². The van der Waals surface area contributed by atoms with E-state index in [4.69, 9.17) is 33.0 Å². The van der Waals surface area contributed by atoms with Gasteiger partial charge >= 0.3 is 0 Å². The summed E-state index contributed by atoms with van der Waals surface area (Å²) >= 11 is 15.3. The number of rotatable bonds is 7. The maximum absolute atomic E-state index is 8.63. The van der Waals surface area contributed by atoms with Gasteiger partial charge in [0.2, 0.25) is 0 Å². The zero-order chi connectivity index (χ0) is 12.7. The smallest absolute Gasteiger partial charge is 0.139 e. The lowest BCUT2D eigenvalue weighted by Crippen LogP contribution is -1.98. The lowest BCUT2D eigenvalue weighted by atomic mass is 10.2. The van der Waals surface area contributed by atoms with E-state index < -0.39 is 0 Å². The molecule has 0 fully saturated rings. The fraction of sp³-hybridized carbons (Fsp3) is 0.500. The van der Waals surface area contributed by atoms with Crippen LogP contribution < -0.4 is 4.74 Å². The van der Waals surface area contributed by atoms with Gasteiger partial charge in [0, 0.05) is 17.1 Å². The molecule has 1 rings (SSSR count). The van der Waals surface area contributed by atoms with Crippen molar-refractivity contribution in [1.82, 2.24) is 0 Å². The molecule has 17 heavy (non-hydrogen) atoms. The van der Waals surface area contributed by atoms with Crippen LogP contribution in [0.5, 0.6) is 5.75 Å². The molecule has 0 bridgehead atoms. The van der Waals surface area contributed by atoms with Gasteiger partial charge in [0.05, 0.1) is 16.7 Å². The number of ether oxygens (including phenoxy) is 1. The van der Waals surface area contributed by atoms with Crippen LogP contribution in [0.2, 0.25) is 10.0 Å². The number of aliphatic hydroxyl groups excluding tert-OH is 1. The van der Waals surface area contributed by atoms with Gasteiger partial charge in [-0.2, -0.15) is 0 Å². The molecule has 1 N–H and O–H groups in total. The van der Waals surface area contributed by atoms with Crippen LogP contribution in [0.15, 0.2) is 16.6 Å². The minimum atomic E-state index is 0.259. The van der Waals surface area contributed by atoms with Crippen molar-refractivity contribution in [3.63, 3.8) is 0 Å². The Labute approximate surface area is 120 Å². The summed E-state index contributed by atoms with van der Waals surface area (Å²) in [5.74, 6) is 0.613. The molecule has 0 aliphatic rings. The molecule has 0 heterocycles. The molecule has 0 amide bonds. The van der Waals surface area contributed by atoms with E-state index >= 15 is 0 Å². The van der Waals surface area contributed by atoms with Gasteiger partial charge in [-0.25, -0.2) is 0 Å². The fourth-order valence-electron chi connectivity index (χ4n) is 1.36. The second-order valence-electron chi connectivity index (χ2n) is 3.68. The highest BCUT2D eigenvalue weighted by molar-refractivity contribution is 9.10. The lowest BCUT2D eigenvalue weighted by molar-refractivity contribution is 0.273. The molecule has 0 aliphatic heterocycles. The van der Waals surface area contributed by atoms with Gasteiger partial charge in [-0.3, -0.25) is 0 Å². The van der Waals surface area contributed by atoms with Crippen molar-refractivity contribution in [2.45, 2.75) is 25.7 Å². The van der Waals surface area contributed by atoms with E-state index in [1.807, 2.05) is 0 Å². The van der Waals surface area contributed by atoms with Crippen LogP contribution in [-0.4, -0.2) is 18.3 Å². The Balaban J connectivity index is 2.34. The summed E-state index contributed by atoms with van der Waals surface area (Å²) in [4.78, 5) is 0. The molecule has 0 aromatic heterocycles. The number of hydrogen-bond acceptors (Lipinski definition) is 2. The highest BCUT2D eigenvalue weighted by Gasteiger charge is 2.06. The first kappa shape index (κ1) is 15.1. The molecular weight excluding hydrogens is 327 g/mol. The average Bonchev–Trinajstić information content (AvgIpc) is 2.30. The Morgan fingerprint density at radius 1 is 1.06 bits per heavy atom. The van der Waals surface area contributed by atoms with Gasteiger partial charge in [-0.15, -0.1) is 0 Å². The Morgan fingerprint density at radius 3 is 2.47 bits per heavy atom. The van der Waals surface area contributed by atoms with Crippen molar-refractivity contribution < 1.29 is 9.84 Å². The SMILES string of the molecule is OCCCCCCOc1cc(Cl)c(Br)cc1Cl. The van der Waals surface area contributed by atoms with Crippen molar-refractivity contribution in [2.24, 2.45) is 0 Å². The minimum Gasteiger partial charge on any atom is -0.492 e. The molecular formula is C12H15BrCl2O2. The topological polar surface area (TPSA) is 29.5 Å². The van der Waals surface area contributed by atoms with Crippen molar-refractivity contribution in [3.8, 4) is 5.75 Å². The summed E-state index contributed by atoms with van der Waals surface area (Å²) in [5.41, 5.74) is 0. The lowest BCUT2D eigenvalue weighted by Gasteiger charge is -2.09. The molecule has 0 saturated carbocycles. The standard InChI is InChI=1S/C12H15BrCl2O2/c13-9-7-11(15)12(8-10(9)14)17-6-4-2-1-3-5-16/h7-8,16H,1-6H2. The minimum absolute atomic E-state index is 0.259. The normalized spacial score (nSPS) is 10.6. The third kappa shape index (κ3) is 5.47. The quantitative estimate of drug-likeness (QED) is 0.576. The zero-order valence-electron chi connectivity index (χ0n) is 9.39. The van der Waals surface area contributed by atoms with Crippen LogP contribution in [0, 0.1) is 0 Å². The molecule has 0 atom stereocenters. The second-order valence-corrected chi connectivity index (χ2v) is 5.35. The molecule has 5 heteroatoms. The van der Waals surface area contributed by atoms with Gasteiger partial charge in [-0.05, 0) is 41.3 Å². The second kappa shape index (κ2) is 8.20. The molecule has 96 valence electrons. The predicted molar refractivity (Wildman–Crippen MR) is 75.2 cm³/mol. The van der Waals surface area contributed by atoms with Crippen LogP contribution in [-0.2, 0) is 0 Å². The monoisotopic (exact) mass is 340 g/mol. The van der Waals surface area contributed by atoms with E-state index in [9.17, 15) is 0 Å². The molecule has 0 radical (unpaired) electrons. The van der Waals surface area contributed by atoms with E-state index in [2.05, 4.69) is 15.9 Å². The summed E-state index contributed by atoms with van der Waals surface area (Å²) in [6.45, 7) is 0.873. The van der Waals surface area contributed by atoms with E-state index in [1.54, 1.807) is 12.1 Å². The Kier molecular flexibility index (Phi) is 7.28. The van der Waals surface area contributed by atoms with Crippen LogP contribution in [0.1, 0.15) is 25.7 Å². The van der Waals surface area contributed by atoms with Gasteiger partial charge in [0.25, 0.3) is 0 Å². The number of aliphatic hydroxyl groups is 1. The Morgan fingerprint density at radius 2 is 1.76 bits per heavy atom. The maximum atomic E-state index is 8.63. The molecule has 0 saturated heterocycles. The van der Waals surface area contributed by atoms with Gasteiger partial charge in [0.1, 0.15) is 5.75 Å². The summed E-state index contributed by atoms with van der Waals surface area (Å²) in [7, 11) is 0. The molecule has 1 aromatic carbocycles. The fourth-order valence-corrected chi connectivity index (χ4v) is 2.21. The summed E-state index contributed by atoms with van der Waals surface area (Å²) in [5, 5.41) is 9.77. The summed E-state index contributed by atoms with van der Waals surface area (Å²) in [6.07, 6.45) is 3.87. The maximum Gasteiger partial charge on any atom is 0.139 e. The Hall–Kier alpha value is 0.0400. The Bertz CT molecular complexity index is 359. The predicted octanol–water partition coefficient (Wildman–Crippen LogP) is 4.69. The zero-order valence-corrected chi connectivity index (χ0v) is 12.5. The molecule has 0 unspecified atom stereocenters. The van der Waals surface area contributed by atoms with Crippen LogP contribution in [0.4, 0.5) is 0 Å². The first-order chi connectivity index (χ1) is 8.15. The van der Waals surface area contributed by atoms with Crippen LogP contribution >= 0.6 is 39.1 Å².